The molecule has 7 nitrogen and oxygen atoms in total. The van der Waals surface area contributed by atoms with Crippen LogP contribution in [-0.4, -0.2) is 39.7 Å². The van der Waals surface area contributed by atoms with Gasteiger partial charge < -0.3 is 20.3 Å². The minimum atomic E-state index is -1.77. The quantitative estimate of drug-likeness (QED) is 0.665. The Morgan fingerprint density at radius 2 is 1.74 bits per heavy atom. The fraction of sp³-hybridized carbons (Fsp3) is 0.400. The third-order valence-electron chi connectivity index (χ3n) is 2.74. The highest BCUT2D eigenvalue weighted by Gasteiger charge is 2.36. The lowest BCUT2D eigenvalue weighted by molar-refractivity contribution is -0.157. The molecule has 0 unspecified atom stereocenters. The van der Waals surface area contributed by atoms with Gasteiger partial charge in [-0.1, -0.05) is 34.1 Å². The lowest BCUT2D eigenvalue weighted by Gasteiger charge is -2.32. The number of hydrogen-bond donors (Lipinski definition) is 3. The standard InChI is InChI=1S/C15H18BrNO6/c1-15(2,3)23-11(8-6-4-5-7-9(8)16)10(13(19)20)17-12(18)14(21)22/h4-7,10-11H,1-3H3,(H,17,18)(H,19,20)(H,21,22)/t10-,11-/m1/s1. The van der Waals surface area contributed by atoms with Gasteiger partial charge in [0.1, 0.15) is 6.10 Å². The summed E-state index contributed by atoms with van der Waals surface area (Å²) in [6, 6.07) is 5.22. The van der Waals surface area contributed by atoms with E-state index in [0.717, 1.165) is 0 Å². The van der Waals surface area contributed by atoms with Crippen molar-refractivity contribution in [1.82, 2.24) is 5.32 Å². The van der Waals surface area contributed by atoms with Crippen molar-refractivity contribution in [3.8, 4) is 0 Å². The molecule has 8 heteroatoms. The van der Waals surface area contributed by atoms with Gasteiger partial charge in [-0.3, -0.25) is 4.79 Å². The van der Waals surface area contributed by atoms with Crippen LogP contribution in [0.15, 0.2) is 28.7 Å². The molecule has 0 radical (unpaired) electrons. The summed E-state index contributed by atoms with van der Waals surface area (Å²) in [5.41, 5.74) is -0.234. The van der Waals surface area contributed by atoms with Crippen LogP contribution in [0.25, 0.3) is 0 Å². The maximum Gasteiger partial charge on any atom is 0.394 e. The number of amides is 1. The number of hydrogen-bond acceptors (Lipinski definition) is 4. The SMILES string of the molecule is CC(C)(C)O[C@H](c1ccccc1Br)[C@@H](NC(=O)C(=O)O)C(=O)O. The smallest absolute Gasteiger partial charge is 0.394 e. The summed E-state index contributed by atoms with van der Waals surface area (Å²) in [6.07, 6.45) is -1.08. The lowest BCUT2D eigenvalue weighted by Crippen LogP contribution is -2.49. The highest BCUT2D eigenvalue weighted by atomic mass is 79.9. The van der Waals surface area contributed by atoms with Crippen LogP contribution in [-0.2, 0) is 19.1 Å². The average molecular weight is 388 g/mol. The van der Waals surface area contributed by atoms with Crippen molar-refractivity contribution >= 4 is 33.8 Å². The molecule has 0 bridgehead atoms. The summed E-state index contributed by atoms with van der Waals surface area (Å²) in [7, 11) is 0. The van der Waals surface area contributed by atoms with E-state index in [2.05, 4.69) is 15.9 Å². The second-order valence-corrected chi connectivity index (χ2v) is 6.62. The van der Waals surface area contributed by atoms with Crippen LogP contribution in [0.4, 0.5) is 0 Å². The Kier molecular flexibility index (Phi) is 6.28. The third kappa shape index (κ3) is 5.65. The Balaban J connectivity index is 3.29. The normalized spacial score (nSPS) is 13.9. The first kappa shape index (κ1) is 19.1. The Morgan fingerprint density at radius 1 is 1.17 bits per heavy atom. The van der Waals surface area contributed by atoms with E-state index in [9.17, 15) is 19.5 Å². The van der Waals surface area contributed by atoms with Crippen molar-refractivity contribution in [2.45, 2.75) is 38.5 Å². The van der Waals surface area contributed by atoms with Crippen molar-refractivity contribution in [2.75, 3.05) is 0 Å². The summed E-state index contributed by atoms with van der Waals surface area (Å²) in [5, 5.41) is 20.1. The van der Waals surface area contributed by atoms with Crippen molar-refractivity contribution in [1.29, 1.82) is 0 Å². The van der Waals surface area contributed by atoms with Crippen LogP contribution in [0.5, 0.6) is 0 Å². The molecular weight excluding hydrogens is 370 g/mol. The van der Waals surface area contributed by atoms with Gasteiger partial charge in [-0.15, -0.1) is 0 Å². The van der Waals surface area contributed by atoms with Gasteiger partial charge in [0.15, 0.2) is 6.04 Å². The Bertz CT molecular complexity index is 610. The first-order chi connectivity index (χ1) is 10.5. The molecule has 0 saturated carbocycles. The average Bonchev–Trinajstić information content (AvgIpc) is 2.41. The van der Waals surface area contributed by atoms with E-state index >= 15 is 0 Å². The van der Waals surface area contributed by atoms with Gasteiger partial charge in [0.2, 0.25) is 0 Å². The van der Waals surface area contributed by atoms with Gasteiger partial charge >= 0.3 is 17.8 Å². The molecule has 126 valence electrons. The molecule has 1 aromatic rings. The molecule has 0 aliphatic heterocycles. The summed E-state index contributed by atoms with van der Waals surface area (Å²) in [4.78, 5) is 33.7. The van der Waals surface area contributed by atoms with Crippen molar-refractivity contribution < 1.29 is 29.3 Å². The first-order valence-electron chi connectivity index (χ1n) is 6.72. The third-order valence-corrected chi connectivity index (χ3v) is 3.46. The second-order valence-electron chi connectivity index (χ2n) is 5.77. The van der Waals surface area contributed by atoms with E-state index in [1.807, 2.05) is 5.32 Å². The monoisotopic (exact) mass is 387 g/mol. The number of carbonyl (C=O) groups is 3. The topological polar surface area (TPSA) is 113 Å². The molecule has 0 saturated heterocycles. The number of benzene rings is 1. The number of aliphatic carboxylic acids is 2. The van der Waals surface area contributed by atoms with Crippen molar-refractivity contribution in [2.24, 2.45) is 0 Å². The molecule has 1 rings (SSSR count). The molecule has 1 aromatic carbocycles. The van der Waals surface area contributed by atoms with E-state index in [0.29, 0.717) is 10.0 Å². The van der Waals surface area contributed by atoms with E-state index in [1.54, 1.807) is 45.0 Å². The zero-order chi connectivity index (χ0) is 17.8. The number of carboxylic acids is 2. The molecule has 0 aliphatic rings. The lowest BCUT2D eigenvalue weighted by atomic mass is 10.0. The molecule has 0 aliphatic carbocycles. The molecule has 23 heavy (non-hydrogen) atoms. The van der Waals surface area contributed by atoms with Gasteiger partial charge in [0.05, 0.1) is 5.60 Å². The van der Waals surface area contributed by atoms with Crippen LogP contribution in [0.1, 0.15) is 32.4 Å². The van der Waals surface area contributed by atoms with E-state index in [4.69, 9.17) is 9.84 Å². The summed E-state index contributed by atoms with van der Waals surface area (Å²) < 4.78 is 6.38. The number of carboxylic acid groups (broad SMARTS) is 2. The fourth-order valence-electron chi connectivity index (χ4n) is 1.87. The van der Waals surface area contributed by atoms with E-state index in [-0.39, 0.29) is 0 Å². The summed E-state index contributed by atoms with van der Waals surface area (Å²) in [6.45, 7) is 5.19. The zero-order valence-corrected chi connectivity index (χ0v) is 14.5. The maximum absolute atomic E-state index is 11.6. The minimum absolute atomic E-state index is 0.487. The maximum atomic E-state index is 11.6. The molecule has 0 fully saturated rings. The van der Waals surface area contributed by atoms with Gasteiger partial charge in [-0.2, -0.15) is 0 Å². The van der Waals surface area contributed by atoms with Crippen LogP contribution in [0.2, 0.25) is 0 Å². The Labute approximate surface area is 141 Å². The molecule has 0 spiro atoms. The molecule has 0 heterocycles. The molecule has 0 aromatic heterocycles. The van der Waals surface area contributed by atoms with Crippen LogP contribution in [0, 0.1) is 0 Å². The minimum Gasteiger partial charge on any atom is -0.480 e. The van der Waals surface area contributed by atoms with E-state index in [1.165, 1.54) is 0 Å². The molecule has 3 N–H and O–H groups in total. The van der Waals surface area contributed by atoms with Crippen LogP contribution >= 0.6 is 15.9 Å². The van der Waals surface area contributed by atoms with Crippen molar-refractivity contribution in [3.05, 3.63) is 34.3 Å². The van der Waals surface area contributed by atoms with Crippen LogP contribution in [0.3, 0.4) is 0 Å². The predicted molar refractivity (Wildman–Crippen MR) is 84.9 cm³/mol. The van der Waals surface area contributed by atoms with Gasteiger partial charge in [-0.05, 0) is 32.4 Å². The molecule has 2 atom stereocenters. The Hall–Kier alpha value is -1.93. The summed E-state index contributed by atoms with van der Waals surface area (Å²) >= 11 is 3.32. The second kappa shape index (κ2) is 7.56. The highest BCUT2D eigenvalue weighted by molar-refractivity contribution is 9.10. The van der Waals surface area contributed by atoms with Gasteiger partial charge in [-0.25, -0.2) is 9.59 Å². The zero-order valence-electron chi connectivity index (χ0n) is 12.9. The first-order valence-corrected chi connectivity index (χ1v) is 7.51. The number of nitrogens with one attached hydrogen (secondary N) is 1. The van der Waals surface area contributed by atoms with E-state index < -0.39 is 35.6 Å². The molecular formula is C15H18BrNO6. The van der Waals surface area contributed by atoms with Gasteiger partial charge in [0.25, 0.3) is 0 Å². The molecule has 1 amide bonds. The van der Waals surface area contributed by atoms with Crippen molar-refractivity contribution in [3.63, 3.8) is 0 Å². The number of ether oxygens (including phenoxy) is 1. The Morgan fingerprint density at radius 3 is 2.17 bits per heavy atom. The fourth-order valence-corrected chi connectivity index (χ4v) is 2.38. The largest absolute Gasteiger partial charge is 0.480 e. The summed E-state index contributed by atoms with van der Waals surface area (Å²) in [5.74, 6) is -4.57. The number of carbonyl (C=O) groups excluding carboxylic acids is 1. The number of rotatable bonds is 5. The van der Waals surface area contributed by atoms with Gasteiger partial charge in [0, 0.05) is 4.47 Å². The predicted octanol–water partition coefficient (Wildman–Crippen LogP) is 1.96. The van der Waals surface area contributed by atoms with Crippen LogP contribution < -0.4 is 5.32 Å². The number of halogens is 1. The highest BCUT2D eigenvalue weighted by Crippen LogP contribution is 2.32.